The predicted molar refractivity (Wildman–Crippen MR) is 87.2 cm³/mol. The Morgan fingerprint density at radius 2 is 1.95 bits per heavy atom. The molecule has 0 spiro atoms. The summed E-state index contributed by atoms with van der Waals surface area (Å²) in [6.07, 6.45) is 2.46. The summed E-state index contributed by atoms with van der Waals surface area (Å²) in [7, 11) is 0. The van der Waals surface area contributed by atoms with E-state index in [0.717, 1.165) is 19.3 Å². The fourth-order valence-corrected chi connectivity index (χ4v) is 2.20. The molecule has 0 aliphatic heterocycles. The molecule has 1 aromatic carbocycles. The van der Waals surface area contributed by atoms with Crippen molar-refractivity contribution in [2.75, 3.05) is 0 Å². The highest BCUT2D eigenvalue weighted by Gasteiger charge is 2.24. The van der Waals surface area contributed by atoms with Gasteiger partial charge >= 0.3 is 0 Å². The van der Waals surface area contributed by atoms with Crippen molar-refractivity contribution in [3.05, 3.63) is 35.4 Å². The molecule has 0 saturated heterocycles. The Hall–Kier alpha value is -1.06. The minimum absolute atomic E-state index is 0. The Morgan fingerprint density at radius 3 is 2.50 bits per heavy atom. The Labute approximate surface area is 128 Å². The standard InChI is InChI=1S/C16H26N2O.ClH/c1-5-8-14(17)15(19)18-16(3,4)11-13-10-7-6-9-12(13)2;/h6-7,9-10,14H,5,8,11,17H2,1-4H3,(H,18,19);1H. The first-order valence-electron chi connectivity index (χ1n) is 6.98. The molecule has 0 bridgehead atoms. The zero-order valence-corrected chi connectivity index (χ0v) is 13.7. The number of hydrogen-bond acceptors (Lipinski definition) is 2. The fourth-order valence-electron chi connectivity index (χ4n) is 2.20. The molecule has 0 aliphatic carbocycles. The number of benzene rings is 1. The van der Waals surface area contributed by atoms with Crippen molar-refractivity contribution in [1.82, 2.24) is 5.32 Å². The van der Waals surface area contributed by atoms with Crippen molar-refractivity contribution in [3.63, 3.8) is 0 Å². The van der Waals surface area contributed by atoms with E-state index in [9.17, 15) is 4.79 Å². The number of carbonyl (C=O) groups is 1. The number of nitrogens with two attached hydrogens (primary N) is 1. The van der Waals surface area contributed by atoms with Crippen LogP contribution in [0.1, 0.15) is 44.7 Å². The van der Waals surface area contributed by atoms with E-state index in [0.29, 0.717) is 0 Å². The number of rotatable bonds is 6. The first-order valence-corrected chi connectivity index (χ1v) is 6.98. The summed E-state index contributed by atoms with van der Waals surface area (Å²) >= 11 is 0. The Kier molecular flexibility index (Phi) is 7.84. The molecule has 0 heterocycles. The Bertz CT molecular complexity index is 432. The zero-order chi connectivity index (χ0) is 14.5. The van der Waals surface area contributed by atoms with Crippen LogP contribution in [0.25, 0.3) is 0 Å². The maximum Gasteiger partial charge on any atom is 0.237 e. The third kappa shape index (κ3) is 5.93. The Balaban J connectivity index is 0.00000361. The van der Waals surface area contributed by atoms with Gasteiger partial charge in [-0.3, -0.25) is 4.79 Å². The summed E-state index contributed by atoms with van der Waals surface area (Å²) in [5, 5.41) is 3.05. The summed E-state index contributed by atoms with van der Waals surface area (Å²) in [4.78, 5) is 12.0. The Morgan fingerprint density at radius 1 is 1.35 bits per heavy atom. The van der Waals surface area contributed by atoms with Gasteiger partial charge in [0.2, 0.25) is 5.91 Å². The highest BCUT2D eigenvalue weighted by molar-refractivity contribution is 5.85. The van der Waals surface area contributed by atoms with Crippen LogP contribution < -0.4 is 11.1 Å². The van der Waals surface area contributed by atoms with Gasteiger partial charge in [0.1, 0.15) is 0 Å². The molecule has 114 valence electrons. The average molecular weight is 299 g/mol. The van der Waals surface area contributed by atoms with Crippen LogP contribution in [-0.4, -0.2) is 17.5 Å². The smallest absolute Gasteiger partial charge is 0.237 e. The van der Waals surface area contributed by atoms with Gasteiger partial charge in [-0.2, -0.15) is 0 Å². The van der Waals surface area contributed by atoms with Gasteiger partial charge < -0.3 is 11.1 Å². The summed E-state index contributed by atoms with van der Waals surface area (Å²) < 4.78 is 0. The van der Waals surface area contributed by atoms with Crippen molar-refractivity contribution in [3.8, 4) is 0 Å². The van der Waals surface area contributed by atoms with E-state index in [1.807, 2.05) is 32.9 Å². The topological polar surface area (TPSA) is 55.1 Å². The third-order valence-corrected chi connectivity index (χ3v) is 3.29. The van der Waals surface area contributed by atoms with E-state index in [1.165, 1.54) is 11.1 Å². The van der Waals surface area contributed by atoms with E-state index in [1.54, 1.807) is 0 Å². The largest absolute Gasteiger partial charge is 0.350 e. The SMILES string of the molecule is CCCC(N)C(=O)NC(C)(C)Cc1ccccc1C.Cl. The molecule has 1 rings (SSSR count). The van der Waals surface area contributed by atoms with Crippen LogP contribution in [0.2, 0.25) is 0 Å². The molecule has 4 heteroatoms. The van der Waals surface area contributed by atoms with Gasteiger partial charge in [-0.25, -0.2) is 0 Å². The monoisotopic (exact) mass is 298 g/mol. The second-order valence-electron chi connectivity index (χ2n) is 5.87. The number of nitrogens with one attached hydrogen (secondary N) is 1. The van der Waals surface area contributed by atoms with Gasteiger partial charge in [-0.05, 0) is 44.7 Å². The maximum atomic E-state index is 12.0. The van der Waals surface area contributed by atoms with Gasteiger partial charge in [-0.15, -0.1) is 12.4 Å². The highest BCUT2D eigenvalue weighted by Crippen LogP contribution is 2.16. The number of amides is 1. The molecular formula is C16H27ClN2O. The zero-order valence-electron chi connectivity index (χ0n) is 12.9. The number of halogens is 1. The average Bonchev–Trinajstić information content (AvgIpc) is 2.31. The number of aryl methyl sites for hydroxylation is 1. The summed E-state index contributed by atoms with van der Waals surface area (Å²) in [5.41, 5.74) is 8.08. The second-order valence-corrected chi connectivity index (χ2v) is 5.87. The summed E-state index contributed by atoms with van der Waals surface area (Å²) in [6, 6.07) is 7.86. The first kappa shape index (κ1) is 18.9. The highest BCUT2D eigenvalue weighted by atomic mass is 35.5. The van der Waals surface area contributed by atoms with Crippen LogP contribution in [0, 0.1) is 6.92 Å². The van der Waals surface area contributed by atoms with Crippen molar-refractivity contribution in [2.45, 2.75) is 58.5 Å². The van der Waals surface area contributed by atoms with Crippen molar-refractivity contribution < 1.29 is 4.79 Å². The molecule has 1 atom stereocenters. The van der Waals surface area contributed by atoms with Crippen LogP contribution in [0.15, 0.2) is 24.3 Å². The fraction of sp³-hybridized carbons (Fsp3) is 0.562. The van der Waals surface area contributed by atoms with Gasteiger partial charge in [-0.1, -0.05) is 37.6 Å². The molecule has 0 fully saturated rings. The van der Waals surface area contributed by atoms with Crippen LogP contribution >= 0.6 is 12.4 Å². The van der Waals surface area contributed by atoms with Crippen LogP contribution in [0.4, 0.5) is 0 Å². The normalized spacial score (nSPS) is 12.4. The molecule has 0 radical (unpaired) electrons. The van der Waals surface area contributed by atoms with Crippen molar-refractivity contribution >= 4 is 18.3 Å². The molecule has 20 heavy (non-hydrogen) atoms. The van der Waals surface area contributed by atoms with Gasteiger partial charge in [0.15, 0.2) is 0 Å². The van der Waals surface area contributed by atoms with Crippen LogP contribution in [0.3, 0.4) is 0 Å². The van der Waals surface area contributed by atoms with Crippen molar-refractivity contribution in [1.29, 1.82) is 0 Å². The lowest BCUT2D eigenvalue weighted by atomic mass is 9.92. The van der Waals surface area contributed by atoms with Gasteiger partial charge in [0.25, 0.3) is 0 Å². The van der Waals surface area contributed by atoms with E-state index < -0.39 is 6.04 Å². The molecule has 1 unspecified atom stereocenters. The van der Waals surface area contributed by atoms with E-state index in [2.05, 4.69) is 24.4 Å². The summed E-state index contributed by atoms with van der Waals surface area (Å²) in [5.74, 6) is -0.0552. The molecule has 0 aliphatic rings. The minimum atomic E-state index is -0.402. The molecule has 0 aromatic heterocycles. The molecule has 0 saturated carbocycles. The lowest BCUT2D eigenvalue weighted by Crippen LogP contribution is -2.51. The van der Waals surface area contributed by atoms with Crippen molar-refractivity contribution in [2.24, 2.45) is 5.73 Å². The molecule has 3 N–H and O–H groups in total. The maximum absolute atomic E-state index is 12.0. The van der Waals surface area contributed by atoms with Gasteiger partial charge in [0, 0.05) is 5.54 Å². The van der Waals surface area contributed by atoms with E-state index in [4.69, 9.17) is 5.73 Å². The minimum Gasteiger partial charge on any atom is -0.350 e. The summed E-state index contributed by atoms with van der Waals surface area (Å²) in [6.45, 7) is 8.20. The second kappa shape index (κ2) is 8.28. The molecule has 1 aromatic rings. The number of carbonyl (C=O) groups excluding carboxylic acids is 1. The van der Waals surface area contributed by atoms with E-state index >= 15 is 0 Å². The van der Waals surface area contributed by atoms with Crippen LogP contribution in [-0.2, 0) is 11.2 Å². The van der Waals surface area contributed by atoms with E-state index in [-0.39, 0.29) is 23.9 Å². The van der Waals surface area contributed by atoms with Gasteiger partial charge in [0.05, 0.1) is 6.04 Å². The predicted octanol–water partition coefficient (Wildman–Crippen LogP) is 2.98. The number of hydrogen-bond donors (Lipinski definition) is 2. The molecule has 3 nitrogen and oxygen atoms in total. The quantitative estimate of drug-likeness (QED) is 0.848. The lowest BCUT2D eigenvalue weighted by molar-refractivity contribution is -0.124. The molecular weight excluding hydrogens is 272 g/mol. The van der Waals surface area contributed by atoms with Crippen LogP contribution in [0.5, 0.6) is 0 Å². The lowest BCUT2D eigenvalue weighted by Gasteiger charge is -2.28. The first-order chi connectivity index (χ1) is 8.85. The molecule has 1 amide bonds. The third-order valence-electron chi connectivity index (χ3n) is 3.29.